The minimum Gasteiger partial charge on any atom is -0.497 e. The molecule has 0 aliphatic heterocycles. The number of aromatic nitrogens is 1. The average Bonchev–Trinajstić information content (AvgIpc) is 2.79. The van der Waals surface area contributed by atoms with Crippen molar-refractivity contribution in [3.8, 4) is 11.5 Å². The van der Waals surface area contributed by atoms with Gasteiger partial charge in [0.1, 0.15) is 17.3 Å². The van der Waals surface area contributed by atoms with Crippen LogP contribution in [0.25, 0.3) is 12.2 Å². The van der Waals surface area contributed by atoms with Crippen molar-refractivity contribution in [3.05, 3.63) is 84.6 Å². The van der Waals surface area contributed by atoms with Gasteiger partial charge in [-0.15, -0.1) is 0 Å². The number of amides is 1. The topological polar surface area (TPSA) is 72.5 Å². The van der Waals surface area contributed by atoms with Gasteiger partial charge in [0.2, 0.25) is 5.91 Å². The van der Waals surface area contributed by atoms with Gasteiger partial charge in [0.05, 0.1) is 25.6 Å². The van der Waals surface area contributed by atoms with Gasteiger partial charge in [-0.1, -0.05) is 30.9 Å². The van der Waals surface area contributed by atoms with Crippen molar-refractivity contribution in [2.24, 2.45) is 0 Å². The monoisotopic (exact) mass is 401 g/mol. The summed E-state index contributed by atoms with van der Waals surface area (Å²) >= 11 is 0. The van der Waals surface area contributed by atoms with E-state index in [4.69, 9.17) is 9.47 Å². The molecule has 2 N–H and O–H groups in total. The van der Waals surface area contributed by atoms with Crippen LogP contribution in [0.2, 0.25) is 0 Å². The fraction of sp³-hybridized carbons (Fsp3) is 0.0833. The number of hydrogen-bond acceptors (Lipinski definition) is 5. The fourth-order valence-electron chi connectivity index (χ4n) is 2.72. The first kappa shape index (κ1) is 20.7. The molecule has 30 heavy (non-hydrogen) atoms. The molecule has 0 radical (unpaired) electrons. The van der Waals surface area contributed by atoms with Crippen molar-refractivity contribution in [1.29, 1.82) is 0 Å². The van der Waals surface area contributed by atoms with E-state index >= 15 is 0 Å². The molecule has 0 aliphatic carbocycles. The Kier molecular flexibility index (Phi) is 6.84. The van der Waals surface area contributed by atoms with Crippen molar-refractivity contribution in [1.82, 2.24) is 4.98 Å². The molecule has 0 saturated carbocycles. The Labute approximate surface area is 175 Å². The molecular formula is C24H23N3O3. The second-order valence-corrected chi connectivity index (χ2v) is 6.32. The first-order chi connectivity index (χ1) is 14.6. The number of ether oxygens (including phenoxy) is 2. The minimum absolute atomic E-state index is 0.271. The van der Waals surface area contributed by atoms with Crippen LogP contribution in [0, 0.1) is 0 Å². The Balaban J connectivity index is 1.73. The Morgan fingerprint density at radius 2 is 1.60 bits per heavy atom. The van der Waals surface area contributed by atoms with Crippen molar-refractivity contribution in [3.63, 3.8) is 0 Å². The predicted molar refractivity (Wildman–Crippen MR) is 121 cm³/mol. The van der Waals surface area contributed by atoms with Gasteiger partial charge >= 0.3 is 0 Å². The van der Waals surface area contributed by atoms with Gasteiger partial charge in [0, 0.05) is 12.3 Å². The van der Waals surface area contributed by atoms with Crippen LogP contribution in [0.4, 0.5) is 17.2 Å². The van der Waals surface area contributed by atoms with E-state index in [1.165, 1.54) is 6.08 Å². The van der Waals surface area contributed by atoms with E-state index in [0.29, 0.717) is 11.5 Å². The summed E-state index contributed by atoms with van der Waals surface area (Å²) in [4.78, 5) is 16.1. The molecule has 0 aliphatic rings. The first-order valence-electron chi connectivity index (χ1n) is 9.28. The molecule has 3 aromatic rings. The van der Waals surface area contributed by atoms with Crippen molar-refractivity contribution in [2.75, 3.05) is 24.9 Å². The van der Waals surface area contributed by atoms with E-state index in [0.717, 1.165) is 28.3 Å². The third-order valence-electron chi connectivity index (χ3n) is 4.26. The summed E-state index contributed by atoms with van der Waals surface area (Å²) in [5.41, 5.74) is 3.29. The lowest BCUT2D eigenvalue weighted by molar-refractivity contribution is -0.111. The van der Waals surface area contributed by atoms with Crippen molar-refractivity contribution >= 4 is 35.3 Å². The van der Waals surface area contributed by atoms with Gasteiger partial charge in [0.25, 0.3) is 0 Å². The summed E-state index contributed by atoms with van der Waals surface area (Å²) in [6.45, 7) is 3.47. The SMILES string of the molecule is C=CC(=O)Nc1ccccc1Nc1ccc(C=Cc2cc(OC)cc(OC)c2)cn1. The number of nitrogens with zero attached hydrogens (tertiary/aromatic N) is 1. The van der Waals surface area contributed by atoms with Crippen LogP contribution in [0.5, 0.6) is 11.5 Å². The number of para-hydroxylation sites is 2. The second kappa shape index (κ2) is 9.93. The van der Waals surface area contributed by atoms with Gasteiger partial charge in [0.15, 0.2) is 0 Å². The Bertz CT molecular complexity index is 1040. The molecule has 0 saturated heterocycles. The third-order valence-corrected chi connectivity index (χ3v) is 4.26. The van der Waals surface area contributed by atoms with Crippen LogP contribution in [0.1, 0.15) is 11.1 Å². The summed E-state index contributed by atoms with van der Waals surface area (Å²) in [6.07, 6.45) is 6.92. The molecule has 6 nitrogen and oxygen atoms in total. The maximum atomic E-state index is 11.6. The van der Waals surface area contributed by atoms with Crippen LogP contribution < -0.4 is 20.1 Å². The van der Waals surface area contributed by atoms with Crippen LogP contribution in [0.15, 0.2) is 73.4 Å². The van der Waals surface area contributed by atoms with Gasteiger partial charge < -0.3 is 20.1 Å². The van der Waals surface area contributed by atoms with E-state index in [9.17, 15) is 4.79 Å². The number of anilines is 3. The Hall–Kier alpha value is -4.06. The lowest BCUT2D eigenvalue weighted by Crippen LogP contribution is -2.09. The molecule has 1 amide bonds. The zero-order valence-electron chi connectivity index (χ0n) is 16.9. The smallest absolute Gasteiger partial charge is 0.247 e. The molecule has 1 heterocycles. The molecule has 0 bridgehead atoms. The number of benzene rings is 2. The van der Waals surface area contributed by atoms with Crippen LogP contribution in [-0.4, -0.2) is 25.1 Å². The zero-order chi connectivity index (χ0) is 21.3. The molecule has 3 rings (SSSR count). The van der Waals surface area contributed by atoms with Crippen molar-refractivity contribution in [2.45, 2.75) is 0 Å². The van der Waals surface area contributed by atoms with E-state index in [1.54, 1.807) is 20.4 Å². The Morgan fingerprint density at radius 3 is 2.20 bits per heavy atom. The quantitative estimate of drug-likeness (QED) is 0.512. The molecule has 0 fully saturated rings. The van der Waals surface area contributed by atoms with Crippen molar-refractivity contribution < 1.29 is 14.3 Å². The predicted octanol–water partition coefficient (Wildman–Crippen LogP) is 5.14. The maximum Gasteiger partial charge on any atom is 0.247 e. The number of carbonyl (C=O) groups excluding carboxylic acids is 1. The number of methoxy groups -OCH3 is 2. The van der Waals surface area contributed by atoms with Gasteiger partial charge in [-0.25, -0.2) is 4.98 Å². The second-order valence-electron chi connectivity index (χ2n) is 6.32. The van der Waals surface area contributed by atoms with E-state index in [2.05, 4.69) is 22.2 Å². The minimum atomic E-state index is -0.271. The third kappa shape index (κ3) is 5.48. The normalized spacial score (nSPS) is 10.5. The van der Waals surface area contributed by atoms with Crippen LogP contribution in [-0.2, 0) is 4.79 Å². The average molecular weight is 401 g/mol. The van der Waals surface area contributed by atoms with Gasteiger partial charge in [-0.05, 0) is 53.6 Å². The van der Waals surface area contributed by atoms with Gasteiger partial charge in [-0.3, -0.25) is 4.79 Å². The summed E-state index contributed by atoms with van der Waals surface area (Å²) < 4.78 is 10.6. The fourth-order valence-corrected chi connectivity index (χ4v) is 2.72. The van der Waals surface area contributed by atoms with E-state index in [-0.39, 0.29) is 5.91 Å². The molecule has 1 aromatic heterocycles. The summed E-state index contributed by atoms with van der Waals surface area (Å²) in [5.74, 6) is 1.85. The summed E-state index contributed by atoms with van der Waals surface area (Å²) in [6, 6.07) is 16.9. The largest absolute Gasteiger partial charge is 0.497 e. The molecule has 0 spiro atoms. The molecule has 152 valence electrons. The highest BCUT2D eigenvalue weighted by Crippen LogP contribution is 2.25. The highest BCUT2D eigenvalue weighted by molar-refractivity contribution is 6.01. The molecule has 6 heteroatoms. The molecule has 0 atom stereocenters. The molecule has 2 aromatic carbocycles. The summed E-state index contributed by atoms with van der Waals surface area (Å²) in [5, 5.41) is 5.99. The van der Waals surface area contributed by atoms with Gasteiger partial charge in [-0.2, -0.15) is 0 Å². The summed E-state index contributed by atoms with van der Waals surface area (Å²) in [7, 11) is 3.25. The van der Waals surface area contributed by atoms with E-state index < -0.39 is 0 Å². The highest BCUT2D eigenvalue weighted by Gasteiger charge is 2.05. The van der Waals surface area contributed by atoms with Crippen LogP contribution >= 0.6 is 0 Å². The highest BCUT2D eigenvalue weighted by atomic mass is 16.5. The standard InChI is InChI=1S/C24H23N3O3/c1-4-24(28)27-22-8-6-5-7-21(22)26-23-12-11-17(16-25-23)9-10-18-13-19(29-2)15-20(14-18)30-3/h4-16H,1H2,2-3H3,(H,25,26)(H,27,28). The lowest BCUT2D eigenvalue weighted by Gasteiger charge is -2.11. The number of nitrogens with one attached hydrogen (secondary N) is 2. The van der Waals surface area contributed by atoms with E-state index in [1.807, 2.05) is 66.7 Å². The lowest BCUT2D eigenvalue weighted by atomic mass is 10.1. The molecular weight excluding hydrogens is 378 g/mol. The first-order valence-corrected chi connectivity index (χ1v) is 9.28. The number of rotatable bonds is 8. The number of pyridine rings is 1. The van der Waals surface area contributed by atoms with Crippen LogP contribution in [0.3, 0.4) is 0 Å². The maximum absolute atomic E-state index is 11.6. The molecule has 0 unspecified atom stereocenters. The number of carbonyl (C=O) groups is 1. The zero-order valence-corrected chi connectivity index (χ0v) is 16.9. The Morgan fingerprint density at radius 1 is 0.933 bits per heavy atom. The number of hydrogen-bond donors (Lipinski definition) is 2.